The Labute approximate surface area is 191 Å². The summed E-state index contributed by atoms with van der Waals surface area (Å²) in [5, 5.41) is 9.49. The van der Waals surface area contributed by atoms with Crippen molar-refractivity contribution in [2.24, 2.45) is 11.8 Å². The molecule has 2 atom stereocenters. The Balaban J connectivity index is 1.37. The molecule has 0 aliphatic carbocycles. The lowest BCUT2D eigenvalue weighted by atomic mass is 9.90. The van der Waals surface area contributed by atoms with Gasteiger partial charge in [-0.15, -0.1) is 0 Å². The first-order valence-corrected chi connectivity index (χ1v) is 11.9. The lowest BCUT2D eigenvalue weighted by Gasteiger charge is -2.35. The number of piperidine rings is 2. The topological polar surface area (TPSA) is 60.9 Å². The molecule has 2 aromatic carbocycles. The zero-order valence-electron chi connectivity index (χ0n) is 19.0. The molecule has 32 heavy (non-hydrogen) atoms. The summed E-state index contributed by atoms with van der Waals surface area (Å²) in [5.74, 6) is 0.312. The van der Waals surface area contributed by atoms with Crippen LogP contribution in [-0.2, 0) is 16.0 Å². The standard InChI is InChI=1S/C27H34N2O3/c1-20-6-8-21(9-7-20)16-26(31)17-23-5-3-15-29(27(23)32)25-12-10-24(11-13-25)28-14-2-4-22(18-28)19-30/h6-13,22-23,30H,2-5,14-19H2,1H3/t22?,23-/m0/s1. The number of carbonyl (C=O) groups excluding carboxylic acids is 2. The molecule has 2 saturated heterocycles. The Bertz CT molecular complexity index is 923. The molecule has 4 rings (SSSR count). The number of aliphatic hydroxyl groups is 1. The van der Waals surface area contributed by atoms with Crippen molar-refractivity contribution in [3.63, 3.8) is 0 Å². The summed E-state index contributed by atoms with van der Waals surface area (Å²) in [5.41, 5.74) is 4.24. The molecule has 2 aromatic rings. The fourth-order valence-electron chi connectivity index (χ4n) is 4.97. The summed E-state index contributed by atoms with van der Waals surface area (Å²) < 4.78 is 0. The van der Waals surface area contributed by atoms with E-state index in [2.05, 4.69) is 17.0 Å². The minimum absolute atomic E-state index is 0.0690. The maximum atomic E-state index is 13.2. The molecule has 2 aliphatic heterocycles. The number of hydrogen-bond donors (Lipinski definition) is 1. The van der Waals surface area contributed by atoms with Gasteiger partial charge in [0.15, 0.2) is 0 Å². The molecule has 2 heterocycles. The molecule has 1 N–H and O–H groups in total. The Kier molecular flexibility index (Phi) is 7.26. The number of carbonyl (C=O) groups is 2. The van der Waals surface area contributed by atoms with Gasteiger partial charge in [-0.3, -0.25) is 9.59 Å². The Hall–Kier alpha value is -2.66. The maximum absolute atomic E-state index is 13.2. The number of aliphatic hydroxyl groups excluding tert-OH is 1. The van der Waals surface area contributed by atoms with Crippen molar-refractivity contribution in [2.75, 3.05) is 36.0 Å². The average molecular weight is 435 g/mol. The van der Waals surface area contributed by atoms with E-state index in [1.54, 1.807) is 0 Å². The second-order valence-corrected chi connectivity index (χ2v) is 9.39. The summed E-state index contributed by atoms with van der Waals surface area (Å²) in [4.78, 5) is 30.0. The number of hydrogen-bond acceptors (Lipinski definition) is 4. The fraction of sp³-hybridized carbons (Fsp3) is 0.481. The molecule has 0 radical (unpaired) electrons. The van der Waals surface area contributed by atoms with Gasteiger partial charge in [-0.2, -0.15) is 0 Å². The minimum atomic E-state index is -0.228. The Morgan fingerprint density at radius 3 is 2.38 bits per heavy atom. The largest absolute Gasteiger partial charge is 0.396 e. The van der Waals surface area contributed by atoms with Crippen molar-refractivity contribution in [2.45, 2.75) is 45.4 Å². The van der Waals surface area contributed by atoms with E-state index in [0.717, 1.165) is 55.7 Å². The summed E-state index contributed by atoms with van der Waals surface area (Å²) in [6.07, 6.45) is 4.58. The molecule has 2 aliphatic rings. The first-order chi connectivity index (χ1) is 15.5. The average Bonchev–Trinajstić information content (AvgIpc) is 2.82. The molecule has 1 unspecified atom stereocenters. The Morgan fingerprint density at radius 2 is 1.66 bits per heavy atom. The highest BCUT2D eigenvalue weighted by Gasteiger charge is 2.31. The monoisotopic (exact) mass is 434 g/mol. The number of Topliss-reactive ketones (excluding diaryl/α,β-unsaturated/α-hetero) is 1. The van der Waals surface area contributed by atoms with Crippen LogP contribution in [0.1, 0.15) is 43.2 Å². The second-order valence-electron chi connectivity index (χ2n) is 9.39. The van der Waals surface area contributed by atoms with Gasteiger partial charge in [-0.05, 0) is 68.4 Å². The quantitative estimate of drug-likeness (QED) is 0.711. The van der Waals surface area contributed by atoms with Gasteiger partial charge >= 0.3 is 0 Å². The molecule has 1 amide bonds. The van der Waals surface area contributed by atoms with E-state index in [4.69, 9.17) is 0 Å². The normalized spacial score (nSPS) is 21.6. The summed E-state index contributed by atoms with van der Waals surface area (Å²) in [6, 6.07) is 16.2. The lowest BCUT2D eigenvalue weighted by Crippen LogP contribution is -2.42. The number of ketones is 1. The van der Waals surface area contributed by atoms with Crippen molar-refractivity contribution in [3.05, 3.63) is 59.7 Å². The van der Waals surface area contributed by atoms with Gasteiger partial charge in [0.25, 0.3) is 0 Å². The zero-order valence-corrected chi connectivity index (χ0v) is 19.0. The van der Waals surface area contributed by atoms with E-state index in [1.165, 1.54) is 5.56 Å². The van der Waals surface area contributed by atoms with Crippen LogP contribution in [0.25, 0.3) is 0 Å². The number of anilines is 2. The predicted molar refractivity (Wildman–Crippen MR) is 128 cm³/mol. The summed E-state index contributed by atoms with van der Waals surface area (Å²) in [6.45, 7) is 4.86. The van der Waals surface area contributed by atoms with Crippen LogP contribution in [0.2, 0.25) is 0 Å². The van der Waals surface area contributed by atoms with E-state index in [9.17, 15) is 14.7 Å². The van der Waals surface area contributed by atoms with Crippen molar-refractivity contribution in [1.82, 2.24) is 0 Å². The molecule has 5 heteroatoms. The van der Waals surface area contributed by atoms with Gasteiger partial charge in [-0.1, -0.05) is 29.8 Å². The van der Waals surface area contributed by atoms with E-state index >= 15 is 0 Å². The lowest BCUT2D eigenvalue weighted by molar-refractivity contribution is -0.128. The fourth-order valence-corrected chi connectivity index (χ4v) is 4.97. The maximum Gasteiger partial charge on any atom is 0.230 e. The third kappa shape index (κ3) is 5.39. The smallest absolute Gasteiger partial charge is 0.230 e. The molecule has 2 fully saturated rings. The van der Waals surface area contributed by atoms with E-state index < -0.39 is 0 Å². The minimum Gasteiger partial charge on any atom is -0.396 e. The van der Waals surface area contributed by atoms with Crippen LogP contribution < -0.4 is 9.80 Å². The predicted octanol–water partition coefficient (Wildman–Crippen LogP) is 4.15. The molecule has 0 aromatic heterocycles. The van der Waals surface area contributed by atoms with Crippen LogP contribution in [0.3, 0.4) is 0 Å². The van der Waals surface area contributed by atoms with Crippen LogP contribution >= 0.6 is 0 Å². The third-order valence-corrected chi connectivity index (χ3v) is 6.85. The van der Waals surface area contributed by atoms with Crippen molar-refractivity contribution >= 4 is 23.1 Å². The number of benzene rings is 2. The van der Waals surface area contributed by atoms with Gasteiger partial charge in [-0.25, -0.2) is 0 Å². The van der Waals surface area contributed by atoms with Gasteiger partial charge in [0.05, 0.1) is 0 Å². The molecule has 5 nitrogen and oxygen atoms in total. The third-order valence-electron chi connectivity index (χ3n) is 6.85. The summed E-state index contributed by atoms with van der Waals surface area (Å²) >= 11 is 0. The van der Waals surface area contributed by atoms with Gasteiger partial charge in [0.1, 0.15) is 5.78 Å². The summed E-state index contributed by atoms with van der Waals surface area (Å²) in [7, 11) is 0. The molecule has 0 bridgehead atoms. The highest BCUT2D eigenvalue weighted by atomic mass is 16.3. The highest BCUT2D eigenvalue weighted by molar-refractivity contribution is 5.98. The van der Waals surface area contributed by atoms with Crippen LogP contribution in [0.15, 0.2) is 48.5 Å². The Morgan fingerprint density at radius 1 is 0.969 bits per heavy atom. The molecule has 170 valence electrons. The number of aryl methyl sites for hydroxylation is 1. The highest BCUT2D eigenvalue weighted by Crippen LogP contribution is 2.30. The van der Waals surface area contributed by atoms with Crippen LogP contribution in [-0.4, -0.2) is 43.0 Å². The van der Waals surface area contributed by atoms with Gasteiger partial charge in [0, 0.05) is 56.4 Å². The van der Waals surface area contributed by atoms with Crippen LogP contribution in [0, 0.1) is 18.8 Å². The van der Waals surface area contributed by atoms with Crippen LogP contribution in [0.4, 0.5) is 11.4 Å². The molecular formula is C27H34N2O3. The van der Waals surface area contributed by atoms with Gasteiger partial charge < -0.3 is 14.9 Å². The van der Waals surface area contributed by atoms with Crippen LogP contribution in [0.5, 0.6) is 0 Å². The van der Waals surface area contributed by atoms with E-state index in [0.29, 0.717) is 25.3 Å². The zero-order chi connectivity index (χ0) is 22.5. The molecule has 0 spiro atoms. The van der Waals surface area contributed by atoms with Crippen molar-refractivity contribution in [3.8, 4) is 0 Å². The number of rotatable bonds is 7. The first kappa shape index (κ1) is 22.5. The molecule has 0 saturated carbocycles. The van der Waals surface area contributed by atoms with E-state index in [1.807, 2.05) is 48.2 Å². The van der Waals surface area contributed by atoms with Crippen molar-refractivity contribution in [1.29, 1.82) is 0 Å². The molecular weight excluding hydrogens is 400 g/mol. The SMILES string of the molecule is Cc1ccc(CC(=O)C[C@@H]2CCCN(c3ccc(N4CCCC(CO)C4)cc3)C2=O)cc1. The van der Waals surface area contributed by atoms with Crippen molar-refractivity contribution < 1.29 is 14.7 Å². The first-order valence-electron chi connectivity index (χ1n) is 11.9. The van der Waals surface area contributed by atoms with Gasteiger partial charge in [0.2, 0.25) is 5.91 Å². The number of nitrogens with zero attached hydrogens (tertiary/aromatic N) is 2. The van der Waals surface area contributed by atoms with E-state index in [-0.39, 0.29) is 24.2 Å². The second kappa shape index (κ2) is 10.3. The number of amides is 1.